The number of sulfonamides is 1. The molecule has 3 aromatic rings. The van der Waals surface area contributed by atoms with Crippen LogP contribution in [0.5, 0.6) is 0 Å². The lowest BCUT2D eigenvalue weighted by Crippen LogP contribution is -2.17. The van der Waals surface area contributed by atoms with Gasteiger partial charge in [0.2, 0.25) is 15.9 Å². The number of anilines is 2. The van der Waals surface area contributed by atoms with Crippen molar-refractivity contribution in [3.8, 4) is 11.1 Å². The number of carbonyl (C=O) groups is 1. The highest BCUT2D eigenvalue weighted by atomic mass is 32.2. The number of aromatic amines is 1. The minimum atomic E-state index is -3.37. The Morgan fingerprint density at radius 3 is 2.60 bits per heavy atom. The van der Waals surface area contributed by atoms with Crippen LogP contribution in [-0.4, -0.2) is 30.0 Å². The molecule has 4 rings (SSSR count). The fourth-order valence-corrected chi connectivity index (χ4v) is 4.63. The van der Waals surface area contributed by atoms with Crippen LogP contribution in [0.4, 0.5) is 11.5 Å². The fourth-order valence-electron chi connectivity index (χ4n) is 3.25. The third-order valence-corrected chi connectivity index (χ3v) is 6.48. The van der Waals surface area contributed by atoms with Crippen LogP contribution in [-0.2, 0) is 14.8 Å². The lowest BCUT2D eigenvalue weighted by molar-refractivity contribution is -0.117. The molecule has 8 heteroatoms. The summed E-state index contributed by atoms with van der Waals surface area (Å²) < 4.78 is 27.1. The van der Waals surface area contributed by atoms with E-state index in [0.29, 0.717) is 29.5 Å². The van der Waals surface area contributed by atoms with Gasteiger partial charge in [0.1, 0.15) is 11.5 Å². The van der Waals surface area contributed by atoms with E-state index in [2.05, 4.69) is 20.0 Å². The summed E-state index contributed by atoms with van der Waals surface area (Å²) in [5, 5.41) is 3.83. The molecule has 158 valence electrons. The molecule has 0 spiro atoms. The fraction of sp³-hybridized carbons (Fsp3) is 0.364. The number of hydrogen-bond acceptors (Lipinski definition) is 4. The lowest BCUT2D eigenvalue weighted by atomic mass is 10.0. The average molecular weight is 427 g/mol. The van der Waals surface area contributed by atoms with Crippen LogP contribution >= 0.6 is 0 Å². The first-order chi connectivity index (χ1) is 14.3. The van der Waals surface area contributed by atoms with E-state index in [1.807, 2.05) is 44.3 Å². The Balaban J connectivity index is 1.57. The summed E-state index contributed by atoms with van der Waals surface area (Å²) in [6.45, 7) is 4.00. The Bertz CT molecular complexity index is 1160. The van der Waals surface area contributed by atoms with Gasteiger partial charge in [-0.1, -0.05) is 26.0 Å². The molecule has 3 N–H and O–H groups in total. The van der Waals surface area contributed by atoms with Crippen LogP contribution in [0.25, 0.3) is 22.2 Å². The van der Waals surface area contributed by atoms with Gasteiger partial charge < -0.3 is 10.3 Å². The van der Waals surface area contributed by atoms with Crippen molar-refractivity contribution in [1.82, 2.24) is 9.97 Å². The maximum absolute atomic E-state index is 12.2. The molecule has 0 saturated heterocycles. The summed E-state index contributed by atoms with van der Waals surface area (Å²) in [5.74, 6) is 1.04. The first-order valence-corrected chi connectivity index (χ1v) is 11.9. The lowest BCUT2D eigenvalue weighted by Gasteiger charge is -2.11. The highest BCUT2D eigenvalue weighted by molar-refractivity contribution is 7.92. The second kappa shape index (κ2) is 8.10. The van der Waals surface area contributed by atoms with Crippen LogP contribution in [0.1, 0.15) is 33.1 Å². The first-order valence-electron chi connectivity index (χ1n) is 10.2. The number of pyridine rings is 1. The van der Waals surface area contributed by atoms with Gasteiger partial charge in [-0.2, -0.15) is 0 Å². The van der Waals surface area contributed by atoms with Gasteiger partial charge in [-0.05, 0) is 60.6 Å². The van der Waals surface area contributed by atoms with E-state index < -0.39 is 10.0 Å². The van der Waals surface area contributed by atoms with Gasteiger partial charge in [0.25, 0.3) is 0 Å². The van der Waals surface area contributed by atoms with Crippen molar-refractivity contribution in [2.75, 3.05) is 15.8 Å². The van der Waals surface area contributed by atoms with Crippen molar-refractivity contribution in [3.05, 3.63) is 42.6 Å². The standard InChI is InChI=1S/C22H26N4O3S/c1-14(2)10-12-30(28,29)26-17-7-5-15(6-8-17)19-13-20(25-22(27)16-3-4-16)24-21-18(19)9-11-23-21/h5-9,11,13-14,16,26H,3-4,10,12H2,1-2H3,(H2,23,24,25,27). The number of hydrogen-bond donors (Lipinski definition) is 3. The molecule has 1 fully saturated rings. The number of H-pyrrole nitrogens is 1. The number of aromatic nitrogens is 2. The zero-order valence-corrected chi connectivity index (χ0v) is 17.9. The highest BCUT2D eigenvalue weighted by Gasteiger charge is 2.30. The number of amides is 1. The summed E-state index contributed by atoms with van der Waals surface area (Å²) >= 11 is 0. The molecule has 0 atom stereocenters. The zero-order valence-electron chi connectivity index (χ0n) is 17.1. The highest BCUT2D eigenvalue weighted by Crippen LogP contribution is 2.33. The molecule has 1 saturated carbocycles. The number of carbonyl (C=O) groups excluding carboxylic acids is 1. The smallest absolute Gasteiger partial charge is 0.232 e. The quantitative estimate of drug-likeness (QED) is 0.498. The first kappa shape index (κ1) is 20.4. The SMILES string of the molecule is CC(C)CCS(=O)(=O)Nc1ccc(-c2cc(NC(=O)C3CC3)nc3[nH]ccc23)cc1. The van der Waals surface area contributed by atoms with E-state index in [0.717, 1.165) is 29.4 Å². The molecule has 1 aliphatic rings. The summed E-state index contributed by atoms with van der Waals surface area (Å²) in [6.07, 6.45) is 4.28. The summed E-state index contributed by atoms with van der Waals surface area (Å²) in [6, 6.07) is 11.0. The molecular weight excluding hydrogens is 400 g/mol. The number of fused-ring (bicyclic) bond motifs is 1. The maximum atomic E-state index is 12.2. The molecule has 1 amide bonds. The number of nitrogens with zero attached hydrogens (tertiary/aromatic N) is 1. The third kappa shape index (κ3) is 4.81. The predicted octanol–water partition coefficient (Wildman–Crippen LogP) is 4.37. The Morgan fingerprint density at radius 1 is 1.20 bits per heavy atom. The van der Waals surface area contributed by atoms with Crippen molar-refractivity contribution in [2.24, 2.45) is 11.8 Å². The number of nitrogens with one attached hydrogen (secondary N) is 3. The zero-order chi connectivity index (χ0) is 21.3. The molecule has 2 aromatic heterocycles. The molecule has 0 unspecified atom stereocenters. The normalized spacial score (nSPS) is 14.2. The topological polar surface area (TPSA) is 104 Å². The molecular formula is C22H26N4O3S. The van der Waals surface area contributed by atoms with Crippen LogP contribution in [0.3, 0.4) is 0 Å². The van der Waals surface area contributed by atoms with Gasteiger partial charge in [-0.3, -0.25) is 9.52 Å². The van der Waals surface area contributed by atoms with E-state index in [4.69, 9.17) is 0 Å². The van der Waals surface area contributed by atoms with Gasteiger partial charge in [-0.15, -0.1) is 0 Å². The largest absolute Gasteiger partial charge is 0.346 e. The summed E-state index contributed by atoms with van der Waals surface area (Å²) in [7, 11) is -3.37. The maximum Gasteiger partial charge on any atom is 0.232 e. The van der Waals surface area contributed by atoms with E-state index in [-0.39, 0.29) is 17.6 Å². The molecule has 2 heterocycles. The van der Waals surface area contributed by atoms with Crippen molar-refractivity contribution >= 4 is 38.5 Å². The van der Waals surface area contributed by atoms with E-state index in [9.17, 15) is 13.2 Å². The Morgan fingerprint density at radius 2 is 1.93 bits per heavy atom. The van der Waals surface area contributed by atoms with Gasteiger partial charge >= 0.3 is 0 Å². The van der Waals surface area contributed by atoms with E-state index in [1.54, 1.807) is 12.1 Å². The van der Waals surface area contributed by atoms with Gasteiger partial charge in [0.15, 0.2) is 0 Å². The molecule has 0 radical (unpaired) electrons. The molecule has 7 nitrogen and oxygen atoms in total. The average Bonchev–Trinajstić information content (AvgIpc) is 3.45. The van der Waals surface area contributed by atoms with Crippen molar-refractivity contribution in [1.29, 1.82) is 0 Å². The van der Waals surface area contributed by atoms with Crippen molar-refractivity contribution in [3.63, 3.8) is 0 Å². The Kier molecular flexibility index (Phi) is 5.51. The molecule has 0 aliphatic heterocycles. The van der Waals surface area contributed by atoms with Gasteiger partial charge in [0, 0.05) is 23.2 Å². The predicted molar refractivity (Wildman–Crippen MR) is 120 cm³/mol. The Hall–Kier alpha value is -2.87. The van der Waals surface area contributed by atoms with Gasteiger partial charge in [-0.25, -0.2) is 13.4 Å². The monoisotopic (exact) mass is 426 g/mol. The van der Waals surface area contributed by atoms with E-state index >= 15 is 0 Å². The summed E-state index contributed by atoms with van der Waals surface area (Å²) in [4.78, 5) is 19.7. The molecule has 1 aliphatic carbocycles. The van der Waals surface area contributed by atoms with Crippen LogP contribution in [0, 0.1) is 11.8 Å². The van der Waals surface area contributed by atoms with Crippen molar-refractivity contribution < 1.29 is 13.2 Å². The Labute approximate surface area is 176 Å². The second-order valence-electron chi connectivity index (χ2n) is 8.24. The number of rotatable bonds is 8. The molecule has 1 aromatic carbocycles. The molecule has 0 bridgehead atoms. The van der Waals surface area contributed by atoms with E-state index in [1.165, 1.54) is 0 Å². The minimum absolute atomic E-state index is 0.00510. The summed E-state index contributed by atoms with van der Waals surface area (Å²) in [5.41, 5.74) is 3.05. The minimum Gasteiger partial charge on any atom is -0.346 e. The number of benzene rings is 1. The van der Waals surface area contributed by atoms with Crippen LogP contribution in [0.2, 0.25) is 0 Å². The van der Waals surface area contributed by atoms with Crippen molar-refractivity contribution in [2.45, 2.75) is 33.1 Å². The molecule has 30 heavy (non-hydrogen) atoms. The van der Waals surface area contributed by atoms with Crippen LogP contribution in [0.15, 0.2) is 42.6 Å². The third-order valence-electron chi connectivity index (χ3n) is 5.16. The van der Waals surface area contributed by atoms with Gasteiger partial charge in [0.05, 0.1) is 5.75 Å². The second-order valence-corrected chi connectivity index (χ2v) is 10.1. The van der Waals surface area contributed by atoms with Crippen LogP contribution < -0.4 is 10.0 Å².